The molecule has 4 fully saturated rings. The van der Waals surface area contributed by atoms with Gasteiger partial charge in [-0.15, -0.1) is 0 Å². The number of piperazine rings is 1. The van der Waals surface area contributed by atoms with Crippen molar-refractivity contribution >= 4 is 41.8 Å². The molecule has 0 aromatic carbocycles. The lowest BCUT2D eigenvalue weighted by Gasteiger charge is -2.44. The molecule has 2 N–H and O–H groups in total. The van der Waals surface area contributed by atoms with Gasteiger partial charge in [0.05, 0.1) is 23.6 Å². The van der Waals surface area contributed by atoms with Crippen molar-refractivity contribution in [3.63, 3.8) is 0 Å². The number of aromatic nitrogens is 2. The molecule has 2 aromatic heterocycles. The van der Waals surface area contributed by atoms with E-state index in [0.717, 1.165) is 83.0 Å². The van der Waals surface area contributed by atoms with E-state index in [1.807, 2.05) is 42.4 Å². The van der Waals surface area contributed by atoms with Crippen LogP contribution in [-0.2, 0) is 20.9 Å². The second-order valence-electron chi connectivity index (χ2n) is 14.3. The first-order valence-corrected chi connectivity index (χ1v) is 17.9. The van der Waals surface area contributed by atoms with E-state index in [1.54, 1.807) is 0 Å². The third kappa shape index (κ3) is 8.81. The zero-order valence-electron chi connectivity index (χ0n) is 28.9. The molecule has 264 valence electrons. The Morgan fingerprint density at radius 3 is 2.31 bits per heavy atom. The number of anilines is 3. The Morgan fingerprint density at radius 1 is 0.918 bits per heavy atom. The molecule has 6 heterocycles. The fourth-order valence-electron chi connectivity index (χ4n) is 8.00. The number of pyridine rings is 2. The minimum absolute atomic E-state index is 0.236. The van der Waals surface area contributed by atoms with E-state index in [-0.39, 0.29) is 11.8 Å². The number of carbonyl (C=O) groups is 4. The second-order valence-corrected chi connectivity index (χ2v) is 14.3. The molecule has 3 amide bonds. The Labute approximate surface area is 289 Å². The van der Waals surface area contributed by atoms with Crippen molar-refractivity contribution in [2.45, 2.75) is 64.1 Å². The molecule has 0 radical (unpaired) electrons. The average Bonchev–Trinajstić information content (AvgIpc) is 3.10. The summed E-state index contributed by atoms with van der Waals surface area (Å²) in [5.74, 6) is 2.31. The third-order valence-electron chi connectivity index (χ3n) is 11.0. The van der Waals surface area contributed by atoms with E-state index in [0.29, 0.717) is 60.7 Å². The molecule has 0 bridgehead atoms. The maximum atomic E-state index is 12.4. The third-order valence-corrected chi connectivity index (χ3v) is 11.0. The molecule has 0 spiro atoms. The Morgan fingerprint density at radius 2 is 1.65 bits per heavy atom. The minimum Gasteiger partial charge on any atom is -0.370 e. The van der Waals surface area contributed by atoms with Gasteiger partial charge in [-0.2, -0.15) is 0 Å². The SMILES string of the molecule is CC1CN(CC2CCN(c3ccc(C=O)c(CN(C)C4CCC(=O)NC4=O)n3)CC2)CCN1CC1CCN(c2ccc(NC=O)nc2)CC1. The maximum Gasteiger partial charge on any atom is 0.243 e. The Bertz CT molecular complexity index is 1460. The first-order valence-electron chi connectivity index (χ1n) is 17.9. The highest BCUT2D eigenvalue weighted by molar-refractivity contribution is 6.00. The van der Waals surface area contributed by atoms with E-state index in [4.69, 9.17) is 4.98 Å². The number of piperidine rings is 3. The number of hydrogen-bond donors (Lipinski definition) is 2. The van der Waals surface area contributed by atoms with E-state index >= 15 is 0 Å². The van der Waals surface area contributed by atoms with Crippen molar-refractivity contribution in [1.82, 2.24) is 30.0 Å². The standard InChI is InChI=1S/C36H51N9O4/c1-26-20-42(17-18-45(26)22-28-9-13-43(14-10-28)30-4-6-33(37-19-30)38-25-47)21-27-11-15-44(16-12-27)34-7-3-29(24-46)31(39-34)23-41(2)32-5-8-35(48)40-36(32)49/h3-4,6-7,19,24-28,32H,5,8-18,20-23H2,1-2H3,(H,37,38,47)(H,40,48,49). The first kappa shape index (κ1) is 34.9. The van der Waals surface area contributed by atoms with E-state index in [2.05, 4.69) is 42.1 Å². The van der Waals surface area contributed by atoms with Crippen LogP contribution < -0.4 is 20.4 Å². The number of carbonyl (C=O) groups excluding carboxylic acids is 4. The number of nitrogens with one attached hydrogen (secondary N) is 2. The van der Waals surface area contributed by atoms with Crippen LogP contribution in [0.3, 0.4) is 0 Å². The van der Waals surface area contributed by atoms with Crippen LogP contribution in [0.5, 0.6) is 0 Å². The smallest absolute Gasteiger partial charge is 0.243 e. The molecule has 0 aliphatic carbocycles. The summed E-state index contributed by atoms with van der Waals surface area (Å²) in [5, 5.41) is 5.02. The van der Waals surface area contributed by atoms with Crippen LogP contribution in [-0.4, -0.2) is 127 Å². The number of aldehydes is 1. The molecule has 13 heteroatoms. The summed E-state index contributed by atoms with van der Waals surface area (Å²) in [4.78, 5) is 67.6. The van der Waals surface area contributed by atoms with Gasteiger partial charge >= 0.3 is 0 Å². The zero-order valence-corrected chi connectivity index (χ0v) is 28.9. The Balaban J connectivity index is 0.927. The Kier molecular flexibility index (Phi) is 11.5. The molecular formula is C36H51N9O4. The van der Waals surface area contributed by atoms with Crippen LogP contribution in [0.1, 0.15) is 61.5 Å². The van der Waals surface area contributed by atoms with Gasteiger partial charge < -0.3 is 20.0 Å². The number of rotatable bonds is 12. The van der Waals surface area contributed by atoms with E-state index in [1.165, 1.54) is 19.4 Å². The quantitative estimate of drug-likeness (QED) is 0.254. The highest BCUT2D eigenvalue weighted by atomic mass is 16.2. The zero-order chi connectivity index (χ0) is 34.3. The summed E-state index contributed by atoms with van der Waals surface area (Å²) in [6.45, 7) is 12.4. The number of likely N-dealkylation sites (N-methyl/N-ethyl adjacent to an activating group) is 1. The highest BCUT2D eigenvalue weighted by Crippen LogP contribution is 2.28. The van der Waals surface area contributed by atoms with Crippen LogP contribution in [0, 0.1) is 11.8 Å². The minimum atomic E-state index is -0.414. The molecule has 2 atom stereocenters. The normalized spacial score (nSPS) is 23.5. The summed E-state index contributed by atoms with van der Waals surface area (Å²) in [6.07, 6.45) is 8.72. The van der Waals surface area contributed by atoms with Crippen molar-refractivity contribution in [2.24, 2.45) is 11.8 Å². The first-order chi connectivity index (χ1) is 23.8. The molecule has 49 heavy (non-hydrogen) atoms. The number of imide groups is 1. The van der Waals surface area contributed by atoms with Gasteiger partial charge in [0.2, 0.25) is 18.2 Å². The number of hydrogen-bond acceptors (Lipinski definition) is 11. The molecule has 6 rings (SSSR count). The van der Waals surface area contributed by atoms with E-state index < -0.39 is 6.04 Å². The fourth-order valence-corrected chi connectivity index (χ4v) is 8.00. The summed E-state index contributed by atoms with van der Waals surface area (Å²) >= 11 is 0. The van der Waals surface area contributed by atoms with Crippen LogP contribution in [0.4, 0.5) is 17.3 Å². The summed E-state index contributed by atoms with van der Waals surface area (Å²) in [5.41, 5.74) is 2.32. The van der Waals surface area contributed by atoms with Crippen molar-refractivity contribution in [2.75, 3.05) is 81.1 Å². The number of nitrogens with zero attached hydrogens (tertiary/aromatic N) is 7. The van der Waals surface area contributed by atoms with Gasteiger partial charge in [-0.3, -0.25) is 34.3 Å². The average molecular weight is 674 g/mol. The molecule has 4 aliphatic heterocycles. The van der Waals surface area contributed by atoms with Crippen LogP contribution in [0.2, 0.25) is 0 Å². The van der Waals surface area contributed by atoms with Crippen LogP contribution in [0.15, 0.2) is 30.5 Å². The highest BCUT2D eigenvalue weighted by Gasteiger charge is 2.32. The predicted molar refractivity (Wildman–Crippen MR) is 189 cm³/mol. The lowest BCUT2D eigenvalue weighted by molar-refractivity contribution is -0.137. The van der Waals surface area contributed by atoms with Gasteiger partial charge in [0.1, 0.15) is 11.6 Å². The lowest BCUT2D eigenvalue weighted by Crippen LogP contribution is -2.54. The molecular weight excluding hydrogens is 622 g/mol. The summed E-state index contributed by atoms with van der Waals surface area (Å²) in [7, 11) is 1.84. The topological polar surface area (TPSA) is 134 Å². The molecule has 4 saturated heterocycles. The largest absolute Gasteiger partial charge is 0.370 e. The lowest BCUT2D eigenvalue weighted by atomic mass is 9.94. The monoisotopic (exact) mass is 673 g/mol. The molecule has 2 unspecified atom stereocenters. The van der Waals surface area contributed by atoms with Crippen molar-refractivity contribution in [1.29, 1.82) is 0 Å². The van der Waals surface area contributed by atoms with Gasteiger partial charge in [0, 0.05) is 83.5 Å². The van der Waals surface area contributed by atoms with Gasteiger partial charge in [0.25, 0.3) is 0 Å². The summed E-state index contributed by atoms with van der Waals surface area (Å²) < 4.78 is 0. The fraction of sp³-hybridized carbons (Fsp3) is 0.611. The molecule has 2 aromatic rings. The van der Waals surface area contributed by atoms with Gasteiger partial charge in [-0.05, 0) is 82.2 Å². The maximum absolute atomic E-state index is 12.4. The van der Waals surface area contributed by atoms with Crippen LogP contribution in [0.25, 0.3) is 0 Å². The molecule has 0 saturated carbocycles. The van der Waals surface area contributed by atoms with Crippen molar-refractivity contribution in [3.8, 4) is 0 Å². The van der Waals surface area contributed by atoms with Gasteiger partial charge in [-0.1, -0.05) is 0 Å². The molecule has 4 aliphatic rings. The van der Waals surface area contributed by atoms with Gasteiger partial charge in [0.15, 0.2) is 6.29 Å². The summed E-state index contributed by atoms with van der Waals surface area (Å²) in [6, 6.07) is 7.81. The Hall–Kier alpha value is -3.94. The predicted octanol–water partition coefficient (Wildman–Crippen LogP) is 2.23. The van der Waals surface area contributed by atoms with Gasteiger partial charge in [-0.25, -0.2) is 9.97 Å². The van der Waals surface area contributed by atoms with Crippen LogP contribution >= 0.6 is 0 Å². The van der Waals surface area contributed by atoms with Crippen molar-refractivity contribution in [3.05, 3.63) is 41.7 Å². The number of amides is 3. The van der Waals surface area contributed by atoms with E-state index in [9.17, 15) is 19.2 Å². The second kappa shape index (κ2) is 16.2. The molecule has 13 nitrogen and oxygen atoms in total. The van der Waals surface area contributed by atoms with Crippen molar-refractivity contribution < 1.29 is 19.2 Å².